The molecule has 0 saturated carbocycles. The van der Waals surface area contributed by atoms with Gasteiger partial charge >= 0.3 is 0 Å². The third-order valence-corrected chi connectivity index (χ3v) is 4.04. The number of hydrogen-bond donors (Lipinski definition) is 2. The molecule has 106 valence electrons. The molecule has 6 heteroatoms. The Morgan fingerprint density at radius 2 is 1.84 bits per heavy atom. The Balaban J connectivity index is 2.44. The fourth-order valence-electron chi connectivity index (χ4n) is 1.48. The van der Waals surface area contributed by atoms with Gasteiger partial charge in [0.05, 0.1) is 4.90 Å². The van der Waals surface area contributed by atoms with Gasteiger partial charge in [-0.2, -0.15) is 0 Å². The maximum Gasteiger partial charge on any atom is 0.175 e. The summed E-state index contributed by atoms with van der Waals surface area (Å²) in [5, 5.41) is 6.83. The topological polar surface area (TPSA) is 58.2 Å². The standard InChI is InChI=1S/C13H20N2O2S2/c1-3-4-9-14-13(18)15-10-11-5-7-12(8-6-11)19(2,16)17/h5-8H,3-4,9-10H2,1-2H3,(H2,14,15,18). The zero-order valence-electron chi connectivity index (χ0n) is 11.3. The number of unbranched alkanes of at least 4 members (excludes halogenated alkanes) is 1. The smallest absolute Gasteiger partial charge is 0.175 e. The van der Waals surface area contributed by atoms with Crippen molar-refractivity contribution in [3.8, 4) is 0 Å². The molecule has 4 nitrogen and oxygen atoms in total. The molecule has 0 radical (unpaired) electrons. The molecule has 0 aliphatic carbocycles. The van der Waals surface area contributed by atoms with Gasteiger partial charge in [-0.15, -0.1) is 0 Å². The lowest BCUT2D eigenvalue weighted by Gasteiger charge is -2.10. The highest BCUT2D eigenvalue weighted by atomic mass is 32.2. The van der Waals surface area contributed by atoms with Gasteiger partial charge < -0.3 is 10.6 Å². The van der Waals surface area contributed by atoms with Crippen LogP contribution in [0.25, 0.3) is 0 Å². The Kier molecular flexibility index (Phi) is 6.24. The van der Waals surface area contributed by atoms with E-state index in [9.17, 15) is 8.42 Å². The number of rotatable bonds is 6. The van der Waals surface area contributed by atoms with Gasteiger partial charge in [-0.3, -0.25) is 0 Å². The first-order chi connectivity index (χ1) is 8.93. The van der Waals surface area contributed by atoms with Gasteiger partial charge in [0, 0.05) is 19.3 Å². The van der Waals surface area contributed by atoms with Gasteiger partial charge in [0.2, 0.25) is 0 Å². The van der Waals surface area contributed by atoms with E-state index in [0.29, 0.717) is 16.6 Å². The van der Waals surface area contributed by atoms with E-state index in [1.807, 2.05) is 0 Å². The average Bonchev–Trinajstić information content (AvgIpc) is 2.36. The molecule has 0 saturated heterocycles. The lowest BCUT2D eigenvalue weighted by molar-refractivity contribution is 0.602. The molecule has 1 aromatic rings. The third-order valence-electron chi connectivity index (χ3n) is 2.62. The summed E-state index contributed by atoms with van der Waals surface area (Å²) in [4.78, 5) is 0.333. The van der Waals surface area contributed by atoms with Gasteiger partial charge in [0.15, 0.2) is 14.9 Å². The molecule has 0 amide bonds. The SMILES string of the molecule is CCCCNC(=S)NCc1ccc(S(C)(=O)=O)cc1. The van der Waals surface area contributed by atoms with E-state index in [2.05, 4.69) is 17.6 Å². The van der Waals surface area contributed by atoms with Crippen molar-refractivity contribution in [1.82, 2.24) is 10.6 Å². The van der Waals surface area contributed by atoms with Gasteiger partial charge in [-0.1, -0.05) is 25.5 Å². The summed E-state index contributed by atoms with van der Waals surface area (Å²) in [7, 11) is -3.12. The van der Waals surface area contributed by atoms with Gasteiger partial charge in [-0.05, 0) is 36.3 Å². The van der Waals surface area contributed by atoms with E-state index in [-0.39, 0.29) is 0 Å². The predicted octanol–water partition coefficient (Wildman–Crippen LogP) is 1.85. The minimum atomic E-state index is -3.12. The molecule has 0 bridgehead atoms. The quantitative estimate of drug-likeness (QED) is 0.620. The summed E-state index contributed by atoms with van der Waals surface area (Å²) in [5.41, 5.74) is 0.993. The van der Waals surface area contributed by atoms with Crippen molar-refractivity contribution in [2.75, 3.05) is 12.8 Å². The van der Waals surface area contributed by atoms with Crippen LogP contribution >= 0.6 is 12.2 Å². The summed E-state index contributed by atoms with van der Waals surface area (Å²) in [6.45, 7) is 3.58. The van der Waals surface area contributed by atoms with Crippen LogP contribution in [0.4, 0.5) is 0 Å². The number of nitrogens with one attached hydrogen (secondary N) is 2. The fourth-order valence-corrected chi connectivity index (χ4v) is 2.28. The summed E-state index contributed by atoms with van der Waals surface area (Å²) in [5.74, 6) is 0. The Bertz CT molecular complexity index is 510. The summed E-state index contributed by atoms with van der Waals surface area (Å²) in [6.07, 6.45) is 3.42. The average molecular weight is 300 g/mol. The molecule has 19 heavy (non-hydrogen) atoms. The number of benzene rings is 1. The highest BCUT2D eigenvalue weighted by molar-refractivity contribution is 7.90. The second-order valence-electron chi connectivity index (χ2n) is 4.38. The second-order valence-corrected chi connectivity index (χ2v) is 6.80. The van der Waals surface area contributed by atoms with Crippen molar-refractivity contribution in [2.45, 2.75) is 31.2 Å². The molecule has 2 N–H and O–H groups in total. The van der Waals surface area contributed by atoms with Crippen LogP contribution in [0.5, 0.6) is 0 Å². The molecule has 1 rings (SSSR count). The maximum absolute atomic E-state index is 11.3. The summed E-state index contributed by atoms with van der Waals surface area (Å²) < 4.78 is 22.6. The maximum atomic E-state index is 11.3. The van der Waals surface area contributed by atoms with Crippen molar-refractivity contribution in [3.63, 3.8) is 0 Å². The fraction of sp³-hybridized carbons (Fsp3) is 0.462. The van der Waals surface area contributed by atoms with Crippen molar-refractivity contribution in [1.29, 1.82) is 0 Å². The largest absolute Gasteiger partial charge is 0.363 e. The molecule has 0 aliphatic heterocycles. The minimum absolute atomic E-state index is 0.333. The summed E-state index contributed by atoms with van der Waals surface area (Å²) >= 11 is 5.13. The highest BCUT2D eigenvalue weighted by Gasteiger charge is 2.05. The molecule has 0 aliphatic rings. The normalized spacial score (nSPS) is 11.1. The molecule has 0 atom stereocenters. The van der Waals surface area contributed by atoms with Crippen molar-refractivity contribution in [2.24, 2.45) is 0 Å². The van der Waals surface area contributed by atoms with Crippen LogP contribution in [-0.4, -0.2) is 26.3 Å². The van der Waals surface area contributed by atoms with Gasteiger partial charge in [-0.25, -0.2) is 8.42 Å². The van der Waals surface area contributed by atoms with Crippen LogP contribution in [0.3, 0.4) is 0 Å². The first-order valence-corrected chi connectivity index (χ1v) is 8.54. The van der Waals surface area contributed by atoms with Crippen molar-refractivity contribution < 1.29 is 8.42 Å². The molecular weight excluding hydrogens is 280 g/mol. The molecule has 0 fully saturated rings. The van der Waals surface area contributed by atoms with Crippen LogP contribution < -0.4 is 10.6 Å². The summed E-state index contributed by atoms with van der Waals surface area (Å²) in [6, 6.07) is 6.80. The van der Waals surface area contributed by atoms with E-state index in [4.69, 9.17) is 12.2 Å². The Labute approximate surface area is 120 Å². The predicted molar refractivity (Wildman–Crippen MR) is 81.9 cm³/mol. The van der Waals surface area contributed by atoms with Gasteiger partial charge in [0.1, 0.15) is 0 Å². The van der Waals surface area contributed by atoms with E-state index < -0.39 is 9.84 Å². The minimum Gasteiger partial charge on any atom is -0.363 e. The first-order valence-electron chi connectivity index (χ1n) is 6.24. The molecule has 1 aromatic carbocycles. The second kappa shape index (κ2) is 7.45. The molecule has 0 spiro atoms. The monoisotopic (exact) mass is 300 g/mol. The highest BCUT2D eigenvalue weighted by Crippen LogP contribution is 2.09. The van der Waals surface area contributed by atoms with Crippen LogP contribution in [-0.2, 0) is 16.4 Å². The van der Waals surface area contributed by atoms with Gasteiger partial charge in [0.25, 0.3) is 0 Å². The van der Waals surface area contributed by atoms with E-state index >= 15 is 0 Å². The number of thiocarbonyl (C=S) groups is 1. The van der Waals surface area contributed by atoms with Crippen molar-refractivity contribution in [3.05, 3.63) is 29.8 Å². The van der Waals surface area contributed by atoms with E-state index in [0.717, 1.165) is 24.9 Å². The Morgan fingerprint density at radius 3 is 2.37 bits per heavy atom. The molecular formula is C13H20N2O2S2. The van der Waals surface area contributed by atoms with Crippen molar-refractivity contribution >= 4 is 27.2 Å². The Hall–Kier alpha value is -1.14. The van der Waals surface area contributed by atoms with E-state index in [1.165, 1.54) is 6.26 Å². The zero-order valence-corrected chi connectivity index (χ0v) is 12.9. The lowest BCUT2D eigenvalue weighted by Crippen LogP contribution is -2.35. The number of hydrogen-bond acceptors (Lipinski definition) is 3. The molecule has 0 unspecified atom stereocenters. The Morgan fingerprint density at radius 1 is 1.21 bits per heavy atom. The van der Waals surface area contributed by atoms with Crippen LogP contribution in [0.1, 0.15) is 25.3 Å². The first kappa shape index (κ1) is 15.9. The number of sulfone groups is 1. The third kappa shape index (κ3) is 6.02. The molecule has 0 heterocycles. The van der Waals surface area contributed by atoms with Crippen LogP contribution in [0, 0.1) is 0 Å². The van der Waals surface area contributed by atoms with Crippen LogP contribution in [0.15, 0.2) is 29.2 Å². The molecule has 0 aromatic heterocycles. The zero-order chi connectivity index (χ0) is 14.3. The van der Waals surface area contributed by atoms with E-state index in [1.54, 1.807) is 24.3 Å². The van der Waals surface area contributed by atoms with Crippen LogP contribution in [0.2, 0.25) is 0 Å². The lowest BCUT2D eigenvalue weighted by atomic mass is 10.2.